The summed E-state index contributed by atoms with van der Waals surface area (Å²) in [5.41, 5.74) is 4.94. The van der Waals surface area contributed by atoms with Gasteiger partial charge in [0.25, 0.3) is 0 Å². The fraction of sp³-hybridized carbons (Fsp3) is 0.462. The summed E-state index contributed by atoms with van der Waals surface area (Å²) in [6.07, 6.45) is -3.00. The topological polar surface area (TPSA) is 99.4 Å². The molecular formula is C26H30O6. The first-order valence-electron chi connectivity index (χ1n) is 11.1. The summed E-state index contributed by atoms with van der Waals surface area (Å²) in [7, 11) is 0. The Morgan fingerprint density at radius 2 is 1.78 bits per heavy atom. The van der Waals surface area contributed by atoms with Gasteiger partial charge in [-0.15, -0.1) is 0 Å². The summed E-state index contributed by atoms with van der Waals surface area (Å²) in [5, 5.41) is 40.0. The number of ether oxygens (including phenoxy) is 2. The maximum Gasteiger partial charge on any atom is 0.118 e. The highest BCUT2D eigenvalue weighted by Crippen LogP contribution is 2.33. The highest BCUT2D eigenvalue weighted by atomic mass is 16.5. The summed E-state index contributed by atoms with van der Waals surface area (Å²) in [6, 6.07) is 13.9. The minimum atomic E-state index is -1.39. The van der Waals surface area contributed by atoms with Crippen LogP contribution in [0.4, 0.5) is 0 Å². The first-order chi connectivity index (χ1) is 15.5. The molecule has 0 saturated carbocycles. The Morgan fingerprint density at radius 3 is 2.47 bits per heavy atom. The fourth-order valence-corrected chi connectivity index (χ4v) is 4.22. The zero-order valence-electron chi connectivity index (χ0n) is 18.1. The van der Waals surface area contributed by atoms with Crippen molar-refractivity contribution >= 4 is 0 Å². The highest BCUT2D eigenvalue weighted by molar-refractivity contribution is 5.41. The standard InChI is InChI=1S/C26H30O6/c1-16-4-10-19(26-25(30)24(29)23(28)22(15-27)32-26)14-20(16)13-18-7-5-17(6-8-18)9-11-21-3-2-12-31-21/h4-8,10,14,21-30H,2-3,12-13,15H2,1H3/t21-,22?,23+,24-,25+,26?/m0/s1. The number of benzene rings is 2. The van der Waals surface area contributed by atoms with E-state index in [1.807, 2.05) is 37.3 Å². The van der Waals surface area contributed by atoms with Crippen LogP contribution >= 0.6 is 0 Å². The van der Waals surface area contributed by atoms with E-state index in [1.165, 1.54) is 0 Å². The van der Waals surface area contributed by atoms with Crippen LogP contribution in [0.3, 0.4) is 0 Å². The van der Waals surface area contributed by atoms with Crippen molar-refractivity contribution in [2.45, 2.75) is 62.8 Å². The molecule has 0 radical (unpaired) electrons. The van der Waals surface area contributed by atoms with E-state index >= 15 is 0 Å². The first-order valence-corrected chi connectivity index (χ1v) is 11.1. The molecule has 32 heavy (non-hydrogen) atoms. The van der Waals surface area contributed by atoms with Crippen molar-refractivity contribution in [3.63, 3.8) is 0 Å². The Hall–Kier alpha value is -2.24. The van der Waals surface area contributed by atoms with E-state index in [4.69, 9.17) is 9.47 Å². The maximum atomic E-state index is 10.4. The van der Waals surface area contributed by atoms with Gasteiger partial charge < -0.3 is 29.9 Å². The summed E-state index contributed by atoms with van der Waals surface area (Å²) in [5.74, 6) is 6.35. The molecule has 2 saturated heterocycles. The fourth-order valence-electron chi connectivity index (χ4n) is 4.22. The van der Waals surface area contributed by atoms with Gasteiger partial charge in [-0.1, -0.05) is 42.2 Å². The summed E-state index contributed by atoms with van der Waals surface area (Å²) < 4.78 is 11.3. The van der Waals surface area contributed by atoms with Crippen LogP contribution < -0.4 is 0 Å². The Bertz CT molecular complexity index is 968. The molecule has 0 bridgehead atoms. The molecule has 2 aliphatic rings. The van der Waals surface area contributed by atoms with Crippen molar-refractivity contribution in [2.75, 3.05) is 13.2 Å². The Morgan fingerprint density at radius 1 is 1.00 bits per heavy atom. The second-order valence-corrected chi connectivity index (χ2v) is 8.58. The van der Waals surface area contributed by atoms with Crippen LogP contribution in [0.2, 0.25) is 0 Å². The second-order valence-electron chi connectivity index (χ2n) is 8.58. The van der Waals surface area contributed by atoms with Gasteiger partial charge in [0.05, 0.1) is 6.61 Å². The average molecular weight is 439 g/mol. The lowest BCUT2D eigenvalue weighted by atomic mass is 9.89. The van der Waals surface area contributed by atoms with Crippen LogP contribution in [-0.2, 0) is 15.9 Å². The molecule has 0 spiro atoms. The van der Waals surface area contributed by atoms with Gasteiger partial charge in [-0.25, -0.2) is 0 Å². The van der Waals surface area contributed by atoms with Crippen LogP contribution in [0.5, 0.6) is 0 Å². The van der Waals surface area contributed by atoms with E-state index in [2.05, 4.69) is 24.0 Å². The Labute approximate surface area is 188 Å². The van der Waals surface area contributed by atoms with E-state index in [0.29, 0.717) is 12.0 Å². The van der Waals surface area contributed by atoms with Gasteiger partial charge in [0.1, 0.15) is 36.6 Å². The molecule has 0 aliphatic carbocycles. The number of aliphatic hydroxyl groups is 4. The number of rotatable bonds is 4. The van der Waals surface area contributed by atoms with Crippen molar-refractivity contribution in [1.29, 1.82) is 0 Å². The minimum Gasteiger partial charge on any atom is -0.394 e. The van der Waals surface area contributed by atoms with Crippen LogP contribution in [0.15, 0.2) is 42.5 Å². The first kappa shape index (κ1) is 22.9. The molecular weight excluding hydrogens is 408 g/mol. The quantitative estimate of drug-likeness (QED) is 0.542. The third-order valence-corrected chi connectivity index (χ3v) is 6.25. The molecule has 2 aromatic carbocycles. The van der Waals surface area contributed by atoms with Gasteiger partial charge in [-0.2, -0.15) is 0 Å². The molecule has 0 amide bonds. The molecule has 2 fully saturated rings. The molecule has 6 atom stereocenters. The summed E-state index contributed by atoms with van der Waals surface area (Å²) in [6.45, 7) is 2.37. The lowest BCUT2D eigenvalue weighted by Gasteiger charge is -2.40. The lowest BCUT2D eigenvalue weighted by molar-refractivity contribution is -0.231. The van der Waals surface area contributed by atoms with Crippen LogP contribution in [0, 0.1) is 18.8 Å². The zero-order chi connectivity index (χ0) is 22.7. The number of hydrogen-bond donors (Lipinski definition) is 4. The second kappa shape index (κ2) is 10.1. The summed E-state index contributed by atoms with van der Waals surface area (Å²) >= 11 is 0. The molecule has 2 aliphatic heterocycles. The van der Waals surface area contributed by atoms with Crippen molar-refractivity contribution in [3.05, 3.63) is 70.3 Å². The van der Waals surface area contributed by atoms with E-state index < -0.39 is 37.1 Å². The van der Waals surface area contributed by atoms with Gasteiger partial charge in [0, 0.05) is 12.2 Å². The zero-order valence-corrected chi connectivity index (χ0v) is 18.1. The van der Waals surface area contributed by atoms with E-state index in [9.17, 15) is 20.4 Å². The van der Waals surface area contributed by atoms with Gasteiger partial charge in [-0.05, 0) is 60.6 Å². The molecule has 170 valence electrons. The number of aryl methyl sites for hydroxylation is 1. The van der Waals surface area contributed by atoms with Gasteiger partial charge in [0.2, 0.25) is 0 Å². The molecule has 2 aromatic rings. The van der Waals surface area contributed by atoms with Crippen molar-refractivity contribution in [2.24, 2.45) is 0 Å². The van der Waals surface area contributed by atoms with Gasteiger partial charge in [-0.3, -0.25) is 0 Å². The molecule has 2 heterocycles. The van der Waals surface area contributed by atoms with Crippen LogP contribution in [0.1, 0.15) is 46.8 Å². The minimum absolute atomic E-state index is 0.0440. The molecule has 4 rings (SSSR count). The molecule has 6 heteroatoms. The van der Waals surface area contributed by atoms with E-state index in [-0.39, 0.29) is 6.10 Å². The summed E-state index contributed by atoms with van der Waals surface area (Å²) in [4.78, 5) is 0. The van der Waals surface area contributed by atoms with Gasteiger partial charge in [0.15, 0.2) is 0 Å². The molecule has 2 unspecified atom stereocenters. The van der Waals surface area contributed by atoms with Gasteiger partial charge >= 0.3 is 0 Å². The van der Waals surface area contributed by atoms with Crippen molar-refractivity contribution in [1.82, 2.24) is 0 Å². The predicted molar refractivity (Wildman–Crippen MR) is 119 cm³/mol. The SMILES string of the molecule is Cc1ccc(C2OC(CO)[C@@H](O)[C@H](O)[C@H]2O)cc1Cc1ccc(C#C[C@@H]2CCCO2)cc1. The van der Waals surface area contributed by atoms with E-state index in [0.717, 1.165) is 41.7 Å². The number of hydrogen-bond acceptors (Lipinski definition) is 6. The Kier molecular flexibility index (Phi) is 7.27. The highest BCUT2D eigenvalue weighted by Gasteiger charge is 2.43. The monoisotopic (exact) mass is 438 g/mol. The lowest BCUT2D eigenvalue weighted by Crippen LogP contribution is -2.55. The third-order valence-electron chi connectivity index (χ3n) is 6.25. The largest absolute Gasteiger partial charge is 0.394 e. The van der Waals surface area contributed by atoms with Crippen molar-refractivity contribution in [3.8, 4) is 11.8 Å². The normalized spacial score (nSPS) is 30.0. The van der Waals surface area contributed by atoms with Crippen LogP contribution in [0.25, 0.3) is 0 Å². The maximum absolute atomic E-state index is 10.4. The number of aliphatic hydroxyl groups excluding tert-OH is 4. The third kappa shape index (κ3) is 5.05. The van der Waals surface area contributed by atoms with E-state index in [1.54, 1.807) is 0 Å². The average Bonchev–Trinajstić information content (AvgIpc) is 3.33. The van der Waals surface area contributed by atoms with Crippen molar-refractivity contribution < 1.29 is 29.9 Å². The van der Waals surface area contributed by atoms with Crippen LogP contribution in [-0.4, -0.2) is 64.2 Å². The molecule has 4 N–H and O–H groups in total. The predicted octanol–water partition coefficient (Wildman–Crippen LogP) is 1.63. The smallest absolute Gasteiger partial charge is 0.118 e. The molecule has 0 aromatic heterocycles. The Balaban J connectivity index is 1.49. The molecule has 6 nitrogen and oxygen atoms in total.